The van der Waals surface area contributed by atoms with Gasteiger partial charge >= 0.3 is 12.3 Å². The van der Waals surface area contributed by atoms with Gasteiger partial charge in [-0.25, -0.2) is 0 Å². The van der Waals surface area contributed by atoms with Gasteiger partial charge in [-0.3, -0.25) is 9.59 Å². The molecule has 0 spiro atoms. The summed E-state index contributed by atoms with van der Waals surface area (Å²) in [6.07, 6.45) is -0.576. The van der Waals surface area contributed by atoms with Crippen LogP contribution in [0.3, 0.4) is 0 Å². The van der Waals surface area contributed by atoms with E-state index in [0.717, 1.165) is 37.8 Å². The number of amides is 1. The summed E-state index contributed by atoms with van der Waals surface area (Å²) in [6, 6.07) is 4.71. The number of hydrogen-bond acceptors (Lipinski definition) is 3. The summed E-state index contributed by atoms with van der Waals surface area (Å²) in [4.78, 5) is 22.1. The molecule has 1 rings (SSSR count). The van der Waals surface area contributed by atoms with Crippen molar-refractivity contribution in [2.45, 2.75) is 44.9 Å². The number of hydrogen-bond donors (Lipinski definition) is 2. The molecule has 0 heterocycles. The maximum Gasteiger partial charge on any atom is 0.573 e. The average molecular weight is 347 g/mol. The molecule has 134 valence electrons. The molecule has 0 aliphatic heterocycles. The zero-order valence-corrected chi connectivity index (χ0v) is 13.1. The van der Waals surface area contributed by atoms with Crippen molar-refractivity contribution in [3.63, 3.8) is 0 Å². The third-order valence-electron chi connectivity index (χ3n) is 3.20. The maximum absolute atomic E-state index is 12.0. The Kier molecular flexibility index (Phi) is 8.08. The van der Waals surface area contributed by atoms with Crippen molar-refractivity contribution in [2.24, 2.45) is 0 Å². The molecule has 0 saturated carbocycles. The molecule has 1 amide bonds. The molecule has 0 unspecified atom stereocenters. The van der Waals surface area contributed by atoms with Gasteiger partial charge in [-0.2, -0.15) is 0 Å². The second-order valence-electron chi connectivity index (χ2n) is 5.24. The monoisotopic (exact) mass is 347 g/mol. The number of unbranched alkanes of at least 4 members (excludes halogenated alkanes) is 4. The zero-order chi connectivity index (χ0) is 18.0. The van der Waals surface area contributed by atoms with E-state index in [9.17, 15) is 22.8 Å². The summed E-state index contributed by atoms with van der Waals surface area (Å²) < 4.78 is 39.8. The number of halogens is 3. The van der Waals surface area contributed by atoms with Crippen LogP contribution in [-0.2, 0) is 4.79 Å². The highest BCUT2D eigenvalue weighted by atomic mass is 19.4. The topological polar surface area (TPSA) is 75.6 Å². The quantitative estimate of drug-likeness (QED) is 0.632. The fraction of sp³-hybridized carbons (Fsp3) is 0.500. The first-order valence-electron chi connectivity index (χ1n) is 7.64. The van der Waals surface area contributed by atoms with Crippen molar-refractivity contribution in [3.8, 4) is 5.75 Å². The number of nitrogens with one attached hydrogen (secondary N) is 1. The minimum atomic E-state index is -4.76. The van der Waals surface area contributed by atoms with Crippen LogP contribution in [0.5, 0.6) is 5.75 Å². The number of carboxylic acid groups (broad SMARTS) is 1. The fourth-order valence-electron chi connectivity index (χ4n) is 2.04. The van der Waals surface area contributed by atoms with Crippen molar-refractivity contribution >= 4 is 11.9 Å². The van der Waals surface area contributed by atoms with E-state index in [1.807, 2.05) is 0 Å². The predicted molar refractivity (Wildman–Crippen MR) is 80.8 cm³/mol. The smallest absolute Gasteiger partial charge is 0.481 e. The highest BCUT2D eigenvalue weighted by Crippen LogP contribution is 2.22. The number of aliphatic carboxylic acids is 1. The molecule has 0 bridgehead atoms. The number of carbonyl (C=O) groups excluding carboxylic acids is 1. The summed E-state index contributed by atoms with van der Waals surface area (Å²) in [5.41, 5.74) is 0.256. The van der Waals surface area contributed by atoms with Crippen molar-refractivity contribution in [3.05, 3.63) is 29.8 Å². The first-order chi connectivity index (χ1) is 11.3. The Morgan fingerprint density at radius 2 is 1.58 bits per heavy atom. The third kappa shape index (κ3) is 9.02. The minimum absolute atomic E-state index is 0.171. The molecule has 2 N–H and O–H groups in total. The van der Waals surface area contributed by atoms with Crippen molar-refractivity contribution < 1.29 is 32.6 Å². The van der Waals surface area contributed by atoms with Gasteiger partial charge in [-0.15, -0.1) is 13.2 Å². The molecular weight excluding hydrogens is 327 g/mol. The van der Waals surface area contributed by atoms with Gasteiger partial charge in [0.25, 0.3) is 5.91 Å². The van der Waals surface area contributed by atoms with Gasteiger partial charge in [0, 0.05) is 18.5 Å². The number of alkyl halides is 3. The predicted octanol–water partition coefficient (Wildman–Crippen LogP) is 3.74. The van der Waals surface area contributed by atoms with E-state index < -0.39 is 12.3 Å². The highest BCUT2D eigenvalue weighted by Gasteiger charge is 2.31. The Balaban J connectivity index is 2.20. The van der Waals surface area contributed by atoms with Crippen LogP contribution in [0.1, 0.15) is 48.9 Å². The first kappa shape index (κ1) is 19.8. The Morgan fingerprint density at radius 1 is 1.00 bits per heavy atom. The molecule has 1 aromatic rings. The number of benzene rings is 1. The Labute approximate surface area is 137 Å². The lowest BCUT2D eigenvalue weighted by Gasteiger charge is -2.09. The molecule has 0 radical (unpaired) electrons. The molecule has 5 nitrogen and oxygen atoms in total. The zero-order valence-electron chi connectivity index (χ0n) is 13.1. The Hall–Kier alpha value is -2.25. The fourth-order valence-corrected chi connectivity index (χ4v) is 2.04. The van der Waals surface area contributed by atoms with E-state index in [4.69, 9.17) is 5.11 Å². The number of rotatable bonds is 10. The van der Waals surface area contributed by atoms with E-state index in [1.165, 1.54) is 12.1 Å². The summed E-state index contributed by atoms with van der Waals surface area (Å²) in [6.45, 7) is 0.457. The molecule has 8 heteroatoms. The van der Waals surface area contributed by atoms with E-state index in [-0.39, 0.29) is 23.6 Å². The summed E-state index contributed by atoms with van der Waals surface area (Å²) >= 11 is 0. The Morgan fingerprint density at radius 3 is 2.17 bits per heavy atom. The molecule has 0 saturated heterocycles. The summed E-state index contributed by atoms with van der Waals surface area (Å²) in [7, 11) is 0. The van der Waals surface area contributed by atoms with Gasteiger partial charge in [0.1, 0.15) is 5.75 Å². The molecule has 0 aromatic heterocycles. The van der Waals surface area contributed by atoms with Crippen molar-refractivity contribution in [1.82, 2.24) is 5.32 Å². The van der Waals surface area contributed by atoms with Gasteiger partial charge in [-0.1, -0.05) is 19.3 Å². The van der Waals surface area contributed by atoms with E-state index in [2.05, 4.69) is 10.1 Å². The normalized spacial score (nSPS) is 11.1. The lowest BCUT2D eigenvalue weighted by Crippen LogP contribution is -2.24. The number of carboxylic acids is 1. The molecule has 0 aliphatic rings. The van der Waals surface area contributed by atoms with Crippen LogP contribution in [0.4, 0.5) is 13.2 Å². The van der Waals surface area contributed by atoms with Crippen molar-refractivity contribution in [2.75, 3.05) is 6.54 Å². The minimum Gasteiger partial charge on any atom is -0.481 e. The van der Waals surface area contributed by atoms with Crippen LogP contribution in [0.2, 0.25) is 0 Å². The number of carbonyl (C=O) groups is 2. The van der Waals surface area contributed by atoms with Gasteiger partial charge in [0.05, 0.1) is 0 Å². The van der Waals surface area contributed by atoms with E-state index >= 15 is 0 Å². The van der Waals surface area contributed by atoms with Crippen LogP contribution >= 0.6 is 0 Å². The van der Waals surface area contributed by atoms with Gasteiger partial charge in [-0.05, 0) is 37.1 Å². The number of ether oxygens (including phenoxy) is 1. The third-order valence-corrected chi connectivity index (χ3v) is 3.20. The molecule has 0 atom stereocenters. The van der Waals surface area contributed by atoms with Gasteiger partial charge < -0.3 is 15.2 Å². The molecular formula is C16H20F3NO4. The summed E-state index contributed by atoms with van der Waals surface area (Å²) in [5, 5.41) is 11.2. The van der Waals surface area contributed by atoms with Crippen LogP contribution in [-0.4, -0.2) is 29.9 Å². The molecule has 0 aliphatic carbocycles. The standard InChI is InChI=1S/C16H20F3NO4/c17-16(18,19)24-13-9-7-12(8-10-13)15(23)20-11-5-3-1-2-4-6-14(21)22/h7-10H,1-6,11H2,(H,20,23)(H,21,22). The molecule has 24 heavy (non-hydrogen) atoms. The molecule has 0 fully saturated rings. The van der Waals surface area contributed by atoms with E-state index in [1.54, 1.807) is 0 Å². The summed E-state index contributed by atoms with van der Waals surface area (Å²) in [5.74, 6) is -1.53. The Bertz CT molecular complexity index is 529. The largest absolute Gasteiger partial charge is 0.573 e. The first-order valence-corrected chi connectivity index (χ1v) is 7.64. The SMILES string of the molecule is O=C(O)CCCCCCCNC(=O)c1ccc(OC(F)(F)F)cc1. The lowest BCUT2D eigenvalue weighted by molar-refractivity contribution is -0.274. The van der Waals surface area contributed by atoms with Gasteiger partial charge in [0.15, 0.2) is 0 Å². The lowest BCUT2D eigenvalue weighted by atomic mass is 10.1. The second kappa shape index (κ2) is 9.79. The highest BCUT2D eigenvalue weighted by molar-refractivity contribution is 5.94. The molecule has 1 aromatic carbocycles. The van der Waals surface area contributed by atoms with Crippen molar-refractivity contribution in [1.29, 1.82) is 0 Å². The van der Waals surface area contributed by atoms with Crippen LogP contribution in [0, 0.1) is 0 Å². The van der Waals surface area contributed by atoms with Crippen LogP contribution in [0.25, 0.3) is 0 Å². The maximum atomic E-state index is 12.0. The van der Waals surface area contributed by atoms with Crippen LogP contribution < -0.4 is 10.1 Å². The average Bonchev–Trinajstić information content (AvgIpc) is 2.48. The van der Waals surface area contributed by atoms with Crippen LogP contribution in [0.15, 0.2) is 24.3 Å². The van der Waals surface area contributed by atoms with Gasteiger partial charge in [0.2, 0.25) is 0 Å². The second-order valence-corrected chi connectivity index (χ2v) is 5.24. The van der Waals surface area contributed by atoms with E-state index in [0.29, 0.717) is 13.0 Å².